The molecular formula is C19H18N4O4S. The second-order valence-electron chi connectivity index (χ2n) is 5.77. The Labute approximate surface area is 165 Å². The van der Waals surface area contributed by atoms with Gasteiger partial charge in [-0.25, -0.2) is 0 Å². The molecule has 0 spiro atoms. The SMILES string of the molecule is COc1cccc(-c2nnc3sc(-c4cc(OC)c(OC)c(OC)c4)nn23)c1. The molecule has 2 aromatic carbocycles. The first-order chi connectivity index (χ1) is 13.7. The third-order valence-electron chi connectivity index (χ3n) is 4.23. The van der Waals surface area contributed by atoms with E-state index in [1.165, 1.54) is 11.3 Å². The van der Waals surface area contributed by atoms with Crippen molar-refractivity contribution in [3.63, 3.8) is 0 Å². The summed E-state index contributed by atoms with van der Waals surface area (Å²) in [5, 5.41) is 14.0. The van der Waals surface area contributed by atoms with Crippen molar-refractivity contribution < 1.29 is 18.9 Å². The quantitative estimate of drug-likeness (QED) is 0.491. The van der Waals surface area contributed by atoms with E-state index in [-0.39, 0.29) is 0 Å². The third-order valence-corrected chi connectivity index (χ3v) is 5.18. The highest BCUT2D eigenvalue weighted by molar-refractivity contribution is 7.19. The van der Waals surface area contributed by atoms with E-state index in [2.05, 4.69) is 10.2 Å². The van der Waals surface area contributed by atoms with Crippen molar-refractivity contribution in [2.24, 2.45) is 0 Å². The average molecular weight is 398 g/mol. The minimum Gasteiger partial charge on any atom is -0.497 e. The molecule has 0 aliphatic rings. The predicted octanol–water partition coefficient (Wildman–Crippen LogP) is 3.55. The number of aromatic nitrogens is 4. The molecule has 8 nitrogen and oxygen atoms in total. The largest absolute Gasteiger partial charge is 0.497 e. The number of benzene rings is 2. The summed E-state index contributed by atoms with van der Waals surface area (Å²) >= 11 is 1.42. The smallest absolute Gasteiger partial charge is 0.235 e. The van der Waals surface area contributed by atoms with Crippen LogP contribution in [0, 0.1) is 0 Å². The lowest BCUT2D eigenvalue weighted by Gasteiger charge is -2.13. The molecule has 0 amide bonds. The maximum Gasteiger partial charge on any atom is 0.235 e. The molecule has 4 rings (SSSR count). The second kappa shape index (κ2) is 7.35. The number of hydrogen-bond donors (Lipinski definition) is 0. The predicted molar refractivity (Wildman–Crippen MR) is 106 cm³/mol. The summed E-state index contributed by atoms with van der Waals surface area (Å²) < 4.78 is 23.3. The van der Waals surface area contributed by atoms with E-state index in [0.717, 1.165) is 21.9 Å². The van der Waals surface area contributed by atoms with Gasteiger partial charge in [0.15, 0.2) is 17.3 Å². The summed E-state index contributed by atoms with van der Waals surface area (Å²) in [6.45, 7) is 0. The molecule has 0 bridgehead atoms. The van der Waals surface area contributed by atoms with Crippen LogP contribution in [0.1, 0.15) is 0 Å². The van der Waals surface area contributed by atoms with Gasteiger partial charge in [-0.15, -0.1) is 10.2 Å². The van der Waals surface area contributed by atoms with E-state index in [4.69, 9.17) is 24.0 Å². The van der Waals surface area contributed by atoms with Crippen molar-refractivity contribution in [2.45, 2.75) is 0 Å². The minimum absolute atomic E-state index is 0.536. The maximum absolute atomic E-state index is 5.44. The first-order valence-corrected chi connectivity index (χ1v) is 9.17. The first-order valence-electron chi connectivity index (χ1n) is 8.35. The van der Waals surface area contributed by atoms with E-state index < -0.39 is 0 Å². The van der Waals surface area contributed by atoms with Crippen molar-refractivity contribution >= 4 is 16.3 Å². The molecule has 0 atom stereocenters. The van der Waals surface area contributed by atoms with E-state index in [9.17, 15) is 0 Å². The van der Waals surface area contributed by atoms with Gasteiger partial charge in [0.05, 0.1) is 28.4 Å². The minimum atomic E-state index is 0.536. The lowest BCUT2D eigenvalue weighted by Crippen LogP contribution is -1.96. The molecule has 0 aliphatic carbocycles. The zero-order valence-electron chi connectivity index (χ0n) is 15.8. The van der Waals surface area contributed by atoms with Gasteiger partial charge >= 0.3 is 0 Å². The molecule has 2 aromatic heterocycles. The fourth-order valence-electron chi connectivity index (χ4n) is 2.88. The Hall–Kier alpha value is -3.33. The molecule has 0 radical (unpaired) electrons. The third kappa shape index (κ3) is 2.99. The highest BCUT2D eigenvalue weighted by Gasteiger charge is 2.19. The molecule has 0 aliphatic heterocycles. The Bertz CT molecular complexity index is 1110. The van der Waals surface area contributed by atoms with E-state index in [0.29, 0.717) is 28.0 Å². The van der Waals surface area contributed by atoms with Crippen LogP contribution in [0.2, 0.25) is 0 Å². The summed E-state index contributed by atoms with van der Waals surface area (Å²) in [4.78, 5) is 0.682. The molecule has 9 heteroatoms. The Morgan fingerprint density at radius 1 is 0.821 bits per heavy atom. The average Bonchev–Trinajstić information content (AvgIpc) is 3.33. The van der Waals surface area contributed by atoms with Crippen molar-refractivity contribution in [3.8, 4) is 45.0 Å². The lowest BCUT2D eigenvalue weighted by atomic mass is 10.2. The fraction of sp³-hybridized carbons (Fsp3) is 0.211. The standard InChI is InChI=1S/C19H18N4O4S/c1-24-13-7-5-6-11(8-13)17-20-21-19-23(17)22-18(28-19)12-9-14(25-2)16(27-4)15(10-12)26-3/h5-10H,1-4H3. The molecule has 0 unspecified atom stereocenters. The van der Waals surface area contributed by atoms with E-state index >= 15 is 0 Å². The molecule has 0 saturated carbocycles. The molecular weight excluding hydrogens is 380 g/mol. The van der Waals surface area contributed by atoms with Crippen LogP contribution in [-0.2, 0) is 0 Å². The second-order valence-corrected chi connectivity index (χ2v) is 6.73. The van der Waals surface area contributed by atoms with Crippen molar-refractivity contribution in [2.75, 3.05) is 28.4 Å². The van der Waals surface area contributed by atoms with Crippen molar-refractivity contribution in [3.05, 3.63) is 36.4 Å². The van der Waals surface area contributed by atoms with Gasteiger partial charge in [-0.05, 0) is 24.3 Å². The zero-order valence-corrected chi connectivity index (χ0v) is 16.6. The number of rotatable bonds is 6. The van der Waals surface area contributed by atoms with Crippen molar-refractivity contribution in [1.29, 1.82) is 0 Å². The molecule has 28 heavy (non-hydrogen) atoms. The Morgan fingerprint density at radius 2 is 1.57 bits per heavy atom. The van der Waals surface area contributed by atoms with Crippen molar-refractivity contribution in [1.82, 2.24) is 19.8 Å². The van der Waals surface area contributed by atoms with Crippen LogP contribution in [0.4, 0.5) is 0 Å². The lowest BCUT2D eigenvalue weighted by molar-refractivity contribution is 0.324. The van der Waals surface area contributed by atoms with Gasteiger partial charge in [0.25, 0.3) is 0 Å². The normalized spacial score (nSPS) is 10.9. The van der Waals surface area contributed by atoms with Crippen LogP contribution >= 0.6 is 11.3 Å². The Kier molecular flexibility index (Phi) is 4.74. The Morgan fingerprint density at radius 3 is 2.21 bits per heavy atom. The summed E-state index contributed by atoms with van der Waals surface area (Å²) in [5.41, 5.74) is 1.70. The number of ether oxygens (including phenoxy) is 4. The van der Waals surface area contributed by atoms with Gasteiger partial charge < -0.3 is 18.9 Å². The molecule has 0 saturated heterocycles. The molecule has 0 fully saturated rings. The van der Waals surface area contributed by atoms with Gasteiger partial charge in [-0.3, -0.25) is 0 Å². The van der Waals surface area contributed by atoms with Gasteiger partial charge in [-0.1, -0.05) is 23.5 Å². The summed E-state index contributed by atoms with van der Waals surface area (Å²) in [5.74, 6) is 3.05. The molecule has 0 N–H and O–H groups in total. The van der Waals surface area contributed by atoms with Crippen LogP contribution in [0.5, 0.6) is 23.0 Å². The fourth-order valence-corrected chi connectivity index (χ4v) is 3.71. The topological polar surface area (TPSA) is 80.0 Å². The van der Waals surface area contributed by atoms with Gasteiger partial charge in [0, 0.05) is 11.1 Å². The monoisotopic (exact) mass is 398 g/mol. The number of methoxy groups -OCH3 is 4. The molecule has 4 aromatic rings. The molecule has 2 heterocycles. The first kappa shape index (κ1) is 18.1. The van der Waals surface area contributed by atoms with Gasteiger partial charge in [-0.2, -0.15) is 9.61 Å². The summed E-state index contributed by atoms with van der Waals surface area (Å²) in [6, 6.07) is 11.3. The Balaban J connectivity index is 1.82. The van der Waals surface area contributed by atoms with Crippen LogP contribution in [0.25, 0.3) is 26.9 Å². The molecule has 144 valence electrons. The van der Waals surface area contributed by atoms with Crippen LogP contribution < -0.4 is 18.9 Å². The number of fused-ring (bicyclic) bond motifs is 1. The van der Waals surface area contributed by atoms with E-state index in [1.54, 1.807) is 33.0 Å². The van der Waals surface area contributed by atoms with Crippen LogP contribution in [0.15, 0.2) is 36.4 Å². The highest BCUT2D eigenvalue weighted by atomic mass is 32.1. The highest BCUT2D eigenvalue weighted by Crippen LogP contribution is 2.42. The number of nitrogens with zero attached hydrogens (tertiary/aromatic N) is 4. The summed E-state index contributed by atoms with van der Waals surface area (Å²) in [6.07, 6.45) is 0. The summed E-state index contributed by atoms with van der Waals surface area (Å²) in [7, 11) is 6.37. The zero-order chi connectivity index (χ0) is 19.7. The number of hydrogen-bond acceptors (Lipinski definition) is 8. The van der Waals surface area contributed by atoms with E-state index in [1.807, 2.05) is 36.4 Å². The van der Waals surface area contributed by atoms with Crippen LogP contribution in [-0.4, -0.2) is 48.3 Å². The van der Waals surface area contributed by atoms with Gasteiger partial charge in [0.2, 0.25) is 10.7 Å². The van der Waals surface area contributed by atoms with Gasteiger partial charge in [0.1, 0.15) is 10.8 Å². The van der Waals surface area contributed by atoms with Crippen LogP contribution in [0.3, 0.4) is 0 Å². The maximum atomic E-state index is 5.44.